The number of anilines is 1. The molecule has 2 amide bonds. The average Bonchev–Trinajstić information content (AvgIpc) is 3.34. The van der Waals surface area contributed by atoms with E-state index in [1.807, 2.05) is 18.2 Å². The summed E-state index contributed by atoms with van der Waals surface area (Å²) in [6, 6.07) is 5.83. The highest BCUT2D eigenvalue weighted by Gasteiger charge is 2.50. The van der Waals surface area contributed by atoms with Gasteiger partial charge in [0.15, 0.2) is 5.13 Å². The first-order valence-corrected chi connectivity index (χ1v) is 10.1. The summed E-state index contributed by atoms with van der Waals surface area (Å²) in [4.78, 5) is 32.3. The van der Waals surface area contributed by atoms with Gasteiger partial charge in [0.05, 0.1) is 19.7 Å². The van der Waals surface area contributed by atoms with Crippen LogP contribution < -0.4 is 4.90 Å². The predicted molar refractivity (Wildman–Crippen MR) is 103 cm³/mol. The van der Waals surface area contributed by atoms with Gasteiger partial charge < -0.3 is 14.5 Å². The average molecular weight is 454 g/mol. The maximum atomic E-state index is 13.2. The number of halogens is 2. The van der Waals surface area contributed by atoms with Gasteiger partial charge >= 0.3 is 6.09 Å². The maximum absolute atomic E-state index is 13.2. The van der Waals surface area contributed by atoms with Gasteiger partial charge in [0.2, 0.25) is 5.91 Å². The van der Waals surface area contributed by atoms with Crippen molar-refractivity contribution in [1.29, 1.82) is 0 Å². The number of rotatable bonds is 2. The summed E-state index contributed by atoms with van der Waals surface area (Å²) in [6.07, 6.45) is 1.59. The van der Waals surface area contributed by atoms with Crippen molar-refractivity contribution in [3.8, 4) is 0 Å². The number of methoxy groups -OCH3 is 1. The smallest absolute Gasteiger partial charge is 0.409 e. The van der Waals surface area contributed by atoms with Crippen molar-refractivity contribution in [3.05, 3.63) is 44.6 Å². The summed E-state index contributed by atoms with van der Waals surface area (Å²) in [5.74, 6) is -0.124. The van der Waals surface area contributed by atoms with E-state index in [2.05, 4.69) is 20.9 Å². The van der Waals surface area contributed by atoms with E-state index in [1.54, 1.807) is 9.80 Å². The van der Waals surface area contributed by atoms with Crippen molar-refractivity contribution in [3.63, 3.8) is 0 Å². The lowest BCUT2D eigenvalue weighted by Gasteiger charge is -2.25. The zero-order valence-electron chi connectivity index (χ0n) is 14.6. The molecule has 0 saturated carbocycles. The Morgan fingerprint density at radius 3 is 2.93 bits per heavy atom. The highest BCUT2D eigenvalue weighted by atomic mass is 79.9. The molecule has 1 spiro atoms. The van der Waals surface area contributed by atoms with Crippen molar-refractivity contribution < 1.29 is 18.7 Å². The Bertz CT molecular complexity index is 921. The molecule has 0 N–H and O–H groups in total. The van der Waals surface area contributed by atoms with Gasteiger partial charge in [0.1, 0.15) is 5.01 Å². The second kappa shape index (κ2) is 6.87. The molecule has 3 heterocycles. The summed E-state index contributed by atoms with van der Waals surface area (Å²) in [7, 11) is 1.37. The van der Waals surface area contributed by atoms with Gasteiger partial charge in [0, 0.05) is 35.2 Å². The molecule has 9 heteroatoms. The molecule has 27 heavy (non-hydrogen) atoms. The van der Waals surface area contributed by atoms with Crippen molar-refractivity contribution >= 4 is 45.0 Å². The van der Waals surface area contributed by atoms with Gasteiger partial charge in [-0.15, -0.1) is 0 Å². The Labute approximate surface area is 168 Å². The van der Waals surface area contributed by atoms with Gasteiger partial charge in [-0.1, -0.05) is 27.3 Å². The Hall–Kier alpha value is -2.00. The van der Waals surface area contributed by atoms with E-state index in [0.29, 0.717) is 24.6 Å². The number of hydrogen-bond donors (Lipinski definition) is 0. The zero-order chi connectivity index (χ0) is 19.2. The van der Waals surface area contributed by atoms with Crippen molar-refractivity contribution in [2.24, 2.45) is 0 Å². The molecule has 1 atom stereocenters. The van der Waals surface area contributed by atoms with Crippen LogP contribution >= 0.6 is 27.3 Å². The third-order valence-corrected chi connectivity index (χ3v) is 6.48. The summed E-state index contributed by atoms with van der Waals surface area (Å²) in [5, 5.41) is 0.0595. The molecular weight excluding hydrogens is 437 g/mol. The first kappa shape index (κ1) is 18.4. The molecule has 4 rings (SSSR count). The monoisotopic (exact) mass is 453 g/mol. The largest absolute Gasteiger partial charge is 0.453 e. The molecule has 6 nitrogen and oxygen atoms in total. The second-order valence-electron chi connectivity index (χ2n) is 6.80. The zero-order valence-corrected chi connectivity index (χ0v) is 17.0. The van der Waals surface area contributed by atoms with E-state index < -0.39 is 5.13 Å². The van der Waals surface area contributed by atoms with Crippen molar-refractivity contribution in [2.45, 2.75) is 18.3 Å². The van der Waals surface area contributed by atoms with E-state index in [1.165, 1.54) is 7.11 Å². The molecule has 2 aliphatic rings. The lowest BCUT2D eigenvalue weighted by molar-refractivity contribution is -0.118. The molecule has 1 aromatic carbocycles. The predicted octanol–water partition coefficient (Wildman–Crippen LogP) is 3.34. The number of aromatic nitrogens is 1. The van der Waals surface area contributed by atoms with E-state index in [9.17, 15) is 14.0 Å². The summed E-state index contributed by atoms with van der Waals surface area (Å²) >= 11 is 4.40. The number of thiazole rings is 1. The van der Waals surface area contributed by atoms with Crippen LogP contribution in [0.15, 0.2) is 28.9 Å². The highest BCUT2D eigenvalue weighted by Crippen LogP contribution is 2.47. The number of nitrogens with zero attached hydrogens (tertiary/aromatic N) is 3. The minimum absolute atomic E-state index is 0.0564. The maximum Gasteiger partial charge on any atom is 0.409 e. The minimum Gasteiger partial charge on any atom is -0.453 e. The van der Waals surface area contributed by atoms with Gasteiger partial charge in [-0.3, -0.25) is 4.79 Å². The van der Waals surface area contributed by atoms with Crippen LogP contribution in [0, 0.1) is 5.13 Å². The van der Waals surface area contributed by atoms with E-state index in [-0.39, 0.29) is 23.8 Å². The van der Waals surface area contributed by atoms with Gasteiger partial charge in [0.25, 0.3) is 0 Å². The third kappa shape index (κ3) is 3.23. The second-order valence-corrected chi connectivity index (χ2v) is 8.78. The molecular formula is C18H17BrFN3O3S. The minimum atomic E-state index is -0.399. The molecule has 0 unspecified atom stereocenters. The number of benzene rings is 1. The molecule has 2 aliphatic heterocycles. The number of carbonyl (C=O) groups is 2. The van der Waals surface area contributed by atoms with Crippen molar-refractivity contribution in [1.82, 2.24) is 9.88 Å². The summed E-state index contributed by atoms with van der Waals surface area (Å²) in [5.41, 5.74) is 1.56. The van der Waals surface area contributed by atoms with E-state index in [0.717, 1.165) is 39.7 Å². The summed E-state index contributed by atoms with van der Waals surface area (Å²) in [6.45, 7) is 1.57. The molecule has 1 aromatic heterocycles. The van der Waals surface area contributed by atoms with E-state index in [4.69, 9.17) is 4.74 Å². The van der Waals surface area contributed by atoms with Crippen LogP contribution in [-0.4, -0.2) is 48.6 Å². The first-order valence-electron chi connectivity index (χ1n) is 8.45. The summed E-state index contributed by atoms with van der Waals surface area (Å²) < 4.78 is 19.0. The van der Waals surface area contributed by atoms with Gasteiger partial charge in [-0.2, -0.15) is 4.39 Å². The number of fused-ring (bicyclic) bond motifs is 2. The molecule has 142 valence electrons. The van der Waals surface area contributed by atoms with Crippen LogP contribution in [-0.2, 0) is 21.4 Å². The van der Waals surface area contributed by atoms with Crippen LogP contribution in [0.5, 0.6) is 0 Å². The Morgan fingerprint density at radius 2 is 2.22 bits per heavy atom. The molecule has 0 bridgehead atoms. The SMILES string of the molecule is COC(=O)N1CC[C@]2(C1)CN(C(=O)Cc1ncc(F)s1)c1ccc(Br)cc12. The fourth-order valence-electron chi connectivity index (χ4n) is 3.96. The standard InChI is InChI=1S/C18H17BrFN3O3S/c1-26-17(25)22-5-4-18(9-22)10-23(13-3-2-11(19)6-12(13)18)16(24)7-15-21-8-14(20)27-15/h2-3,6,8H,4-5,7,9-10H2,1H3/t18-/m0/s1. The Kier molecular flexibility index (Phi) is 4.67. The number of amides is 2. The molecule has 2 aromatic rings. The number of carbonyl (C=O) groups excluding carboxylic acids is 2. The molecule has 0 radical (unpaired) electrons. The first-order chi connectivity index (χ1) is 12.9. The van der Waals surface area contributed by atoms with Crippen LogP contribution in [0.25, 0.3) is 0 Å². The fourth-order valence-corrected chi connectivity index (χ4v) is 4.96. The third-order valence-electron chi connectivity index (χ3n) is 5.20. The molecule has 1 fully saturated rings. The van der Waals surface area contributed by atoms with Crippen LogP contribution in [0.3, 0.4) is 0 Å². The molecule has 1 saturated heterocycles. The van der Waals surface area contributed by atoms with Crippen LogP contribution in [0.4, 0.5) is 14.9 Å². The fraction of sp³-hybridized carbons (Fsp3) is 0.389. The number of likely N-dealkylation sites (tertiary alicyclic amines) is 1. The molecule has 0 aliphatic carbocycles. The Balaban J connectivity index is 1.64. The van der Waals surface area contributed by atoms with E-state index >= 15 is 0 Å². The van der Waals surface area contributed by atoms with Crippen molar-refractivity contribution in [2.75, 3.05) is 31.6 Å². The quantitative estimate of drug-likeness (QED) is 0.699. The number of hydrogen-bond acceptors (Lipinski definition) is 5. The number of ether oxygens (including phenoxy) is 1. The van der Waals surface area contributed by atoms with Gasteiger partial charge in [-0.25, -0.2) is 9.78 Å². The lowest BCUT2D eigenvalue weighted by Crippen LogP contribution is -2.40. The van der Waals surface area contributed by atoms with Crippen LogP contribution in [0.2, 0.25) is 0 Å². The normalized spacial score (nSPS) is 21.0. The van der Waals surface area contributed by atoms with Crippen LogP contribution in [0.1, 0.15) is 17.0 Å². The van der Waals surface area contributed by atoms with Gasteiger partial charge in [-0.05, 0) is 30.2 Å². The highest BCUT2D eigenvalue weighted by molar-refractivity contribution is 9.10. The topological polar surface area (TPSA) is 62.7 Å². The lowest BCUT2D eigenvalue weighted by atomic mass is 9.81. The Morgan fingerprint density at radius 1 is 1.41 bits per heavy atom.